The van der Waals surface area contributed by atoms with E-state index < -0.39 is 0 Å². The fourth-order valence-corrected chi connectivity index (χ4v) is 4.31. The summed E-state index contributed by atoms with van der Waals surface area (Å²) in [6.07, 6.45) is 0. The molecule has 0 unspecified atom stereocenters. The molecule has 8 bridgehead atoms. The third-order valence-electron chi connectivity index (χ3n) is 5.81. The van der Waals surface area contributed by atoms with Crippen LogP contribution in [0.3, 0.4) is 0 Å². The van der Waals surface area contributed by atoms with Crippen LogP contribution in [0.5, 0.6) is 0 Å². The zero-order valence-corrected chi connectivity index (χ0v) is 19.0. The van der Waals surface area contributed by atoms with Gasteiger partial charge >= 0.3 is 21.1 Å². The van der Waals surface area contributed by atoms with Crippen molar-refractivity contribution in [1.82, 2.24) is 9.97 Å². The molecule has 7 aromatic rings. The molecule has 0 spiro atoms. The Morgan fingerprint density at radius 2 is 1.00 bits per heavy atom. The van der Waals surface area contributed by atoms with Crippen LogP contribution in [0.2, 0.25) is 0 Å². The first-order valence-electron chi connectivity index (χ1n) is 10.2. The van der Waals surface area contributed by atoms with Gasteiger partial charge in [0.25, 0.3) is 0 Å². The maximum Gasteiger partial charge on any atom is 2.00 e. The molecule has 0 saturated carbocycles. The number of nitrogens with zero attached hydrogens (tertiary/aromatic N) is 2. The molecule has 3 heterocycles. The number of fused-ring (bicyclic) bond motifs is 8. The van der Waals surface area contributed by atoms with Crippen molar-refractivity contribution in [2.45, 2.75) is 0 Å². The fourth-order valence-electron chi connectivity index (χ4n) is 4.31. The van der Waals surface area contributed by atoms with Crippen molar-refractivity contribution in [3.8, 4) is 0 Å². The summed E-state index contributed by atoms with van der Waals surface area (Å²) >= 11 is 0. The van der Waals surface area contributed by atoms with Gasteiger partial charge in [-0.2, -0.15) is 0 Å². The van der Waals surface area contributed by atoms with E-state index in [4.69, 9.17) is 14.4 Å². The number of benzene rings is 4. The Hall–Kier alpha value is -3.55. The van der Waals surface area contributed by atoms with Crippen molar-refractivity contribution in [1.29, 1.82) is 0 Å². The molecule has 152 valence electrons. The van der Waals surface area contributed by atoms with E-state index in [9.17, 15) is 0 Å². The second-order valence-electron chi connectivity index (χ2n) is 7.73. The van der Waals surface area contributed by atoms with Gasteiger partial charge in [-0.05, 0) is 27.2 Å². The Bertz CT molecular complexity index is 1720. The predicted octanol–water partition coefficient (Wildman–Crippen LogP) is 7.15. The average molecular weight is 590 g/mol. The summed E-state index contributed by atoms with van der Waals surface area (Å²) in [7, 11) is 0. The quantitative estimate of drug-likeness (QED) is 0.139. The second kappa shape index (κ2) is 7.25. The predicted molar refractivity (Wildman–Crippen MR) is 126 cm³/mol. The van der Waals surface area contributed by atoms with Gasteiger partial charge in [-0.25, -0.2) is 0 Å². The van der Waals surface area contributed by atoms with Crippen LogP contribution in [0, 0.1) is 12.1 Å². The van der Waals surface area contributed by atoms with Crippen LogP contribution in [-0.4, -0.2) is 9.97 Å². The number of pyridine rings is 2. The van der Waals surface area contributed by atoms with E-state index in [2.05, 4.69) is 48.5 Å². The van der Waals surface area contributed by atoms with E-state index in [1.165, 1.54) is 0 Å². The maximum atomic E-state index is 6.08. The van der Waals surface area contributed by atoms with Gasteiger partial charge in [0.15, 0.2) is 0 Å². The van der Waals surface area contributed by atoms with Gasteiger partial charge in [-0.1, -0.05) is 60.7 Å². The molecular weight excluding hydrogens is 575 g/mol. The summed E-state index contributed by atoms with van der Waals surface area (Å²) in [6, 6.07) is 35.3. The summed E-state index contributed by atoms with van der Waals surface area (Å²) in [4.78, 5) is 10.1. The number of hydrogen-bond acceptors (Lipinski definition) is 3. The molecule has 0 fully saturated rings. The van der Waals surface area contributed by atoms with Gasteiger partial charge in [0.2, 0.25) is 0 Å². The van der Waals surface area contributed by atoms with Crippen LogP contribution in [0.1, 0.15) is 0 Å². The van der Waals surface area contributed by atoms with E-state index in [1.807, 2.05) is 48.5 Å². The third kappa shape index (κ3) is 2.93. The van der Waals surface area contributed by atoms with Gasteiger partial charge in [-0.15, -0.1) is 47.2 Å². The summed E-state index contributed by atoms with van der Waals surface area (Å²) in [6.45, 7) is 0. The normalized spacial score (nSPS) is 11.5. The third-order valence-corrected chi connectivity index (χ3v) is 5.81. The molecule has 7 rings (SSSR count). The molecule has 0 aliphatic carbocycles. The topological polar surface area (TPSA) is 38.9 Å². The largest absolute Gasteiger partial charge is 2.00 e. The smallest absolute Gasteiger partial charge is 0.497 e. The molecule has 0 radical (unpaired) electrons. The maximum absolute atomic E-state index is 6.08. The van der Waals surface area contributed by atoms with E-state index >= 15 is 0 Å². The molecule has 3 aromatic heterocycles. The minimum atomic E-state index is 0. The molecule has 32 heavy (non-hydrogen) atoms. The first kappa shape index (κ1) is 19.2. The van der Waals surface area contributed by atoms with Gasteiger partial charge in [0.1, 0.15) is 0 Å². The zero-order chi connectivity index (χ0) is 20.4. The minimum absolute atomic E-state index is 0. The Morgan fingerprint density at radius 1 is 0.531 bits per heavy atom. The van der Waals surface area contributed by atoms with Gasteiger partial charge in [0, 0.05) is 16.6 Å². The first-order valence-corrected chi connectivity index (χ1v) is 10.2. The standard InChI is InChI=1S/C28H14N2O.Pt/c1-3-20-15-22(5-1)31-23-6-2-4-21(16-23)25-14-12-19-10-8-17-7-9-18-11-13-24(20)29-27(18)26(17)28(19)30-25;/h1-14H;/q-2;+2. The fraction of sp³-hybridized carbons (Fsp3) is 0. The summed E-state index contributed by atoms with van der Waals surface area (Å²) in [5.41, 5.74) is 4.86. The van der Waals surface area contributed by atoms with Gasteiger partial charge in [-0.3, -0.25) is 9.97 Å². The van der Waals surface area contributed by atoms with Gasteiger partial charge < -0.3 is 4.42 Å². The number of rotatable bonds is 0. The van der Waals surface area contributed by atoms with Crippen molar-refractivity contribution in [2.75, 3.05) is 0 Å². The van der Waals surface area contributed by atoms with Crippen molar-refractivity contribution in [3.63, 3.8) is 0 Å². The van der Waals surface area contributed by atoms with Crippen LogP contribution >= 0.6 is 0 Å². The minimum Gasteiger partial charge on any atom is -0.497 e. The zero-order valence-electron chi connectivity index (χ0n) is 16.7. The van der Waals surface area contributed by atoms with E-state index in [-0.39, 0.29) is 21.1 Å². The molecule has 0 aliphatic heterocycles. The Morgan fingerprint density at radius 3 is 1.53 bits per heavy atom. The Labute approximate surface area is 197 Å². The van der Waals surface area contributed by atoms with Crippen molar-refractivity contribution in [3.05, 3.63) is 97.1 Å². The van der Waals surface area contributed by atoms with Crippen molar-refractivity contribution in [2.24, 2.45) is 0 Å². The first-order chi connectivity index (χ1) is 15.3. The van der Waals surface area contributed by atoms with E-state index in [0.717, 1.165) is 54.4 Å². The molecule has 0 amide bonds. The van der Waals surface area contributed by atoms with Crippen molar-refractivity contribution < 1.29 is 25.5 Å². The van der Waals surface area contributed by atoms with Crippen LogP contribution in [0.25, 0.3) is 65.6 Å². The molecule has 0 N–H and O–H groups in total. The molecule has 4 aromatic carbocycles. The van der Waals surface area contributed by atoms with E-state index in [0.29, 0.717) is 11.2 Å². The summed E-state index contributed by atoms with van der Waals surface area (Å²) < 4.78 is 6.08. The number of aromatic nitrogens is 2. The summed E-state index contributed by atoms with van der Waals surface area (Å²) in [5.74, 6) is 0. The van der Waals surface area contributed by atoms with Crippen LogP contribution in [0.4, 0.5) is 0 Å². The van der Waals surface area contributed by atoms with Crippen molar-refractivity contribution >= 4 is 65.6 Å². The molecular formula is C28H14N2OPt. The Balaban J connectivity index is 0.00000196. The molecule has 4 heteroatoms. The molecule has 0 saturated heterocycles. The second-order valence-corrected chi connectivity index (χ2v) is 7.73. The van der Waals surface area contributed by atoms with Crippen LogP contribution < -0.4 is 0 Å². The molecule has 3 nitrogen and oxygen atoms in total. The molecule has 0 aliphatic rings. The average Bonchev–Trinajstić information content (AvgIpc) is 2.83. The van der Waals surface area contributed by atoms with E-state index in [1.54, 1.807) is 0 Å². The SMILES string of the molecule is [Pt+2].[c-]1c2cccc1c1ccc3ccc4ccc5ccc(nc5c4c3n1)c1[c-]c(ccc1)o2. The number of hydrogen-bond donors (Lipinski definition) is 0. The van der Waals surface area contributed by atoms with Crippen LogP contribution in [0.15, 0.2) is 89.3 Å². The summed E-state index contributed by atoms with van der Waals surface area (Å²) in [5, 5.41) is 6.14. The monoisotopic (exact) mass is 589 g/mol. The van der Waals surface area contributed by atoms with Crippen LogP contribution in [-0.2, 0) is 21.1 Å². The Kier molecular flexibility index (Phi) is 4.34. The van der Waals surface area contributed by atoms with Gasteiger partial charge in [0.05, 0.1) is 11.0 Å². The molecule has 0 atom stereocenters.